The first-order valence-electron chi connectivity index (χ1n) is 10.2. The molecule has 0 spiro atoms. The zero-order valence-corrected chi connectivity index (χ0v) is 19.7. The van der Waals surface area contributed by atoms with E-state index >= 15 is 0 Å². The summed E-state index contributed by atoms with van der Waals surface area (Å²) in [5, 5.41) is 9.57. The summed E-state index contributed by atoms with van der Waals surface area (Å²) in [6, 6.07) is 13.1. The number of allylic oxidation sites excluding steroid dienone is 1. The van der Waals surface area contributed by atoms with Crippen LogP contribution in [0.2, 0.25) is 0 Å². The molecule has 170 valence electrons. The number of amides is 1. The van der Waals surface area contributed by atoms with E-state index in [1.165, 1.54) is 5.06 Å². The molecular formula is C24H22BrN3O5. The Balaban J connectivity index is 1.44. The summed E-state index contributed by atoms with van der Waals surface area (Å²) in [4.78, 5) is 21.9. The molecule has 0 bridgehead atoms. The molecule has 0 aliphatic carbocycles. The van der Waals surface area contributed by atoms with Crippen molar-refractivity contribution in [2.45, 2.75) is 13.3 Å². The summed E-state index contributed by atoms with van der Waals surface area (Å²) in [5.41, 5.74) is 0.761. The second-order valence-electron chi connectivity index (χ2n) is 7.22. The van der Waals surface area contributed by atoms with Gasteiger partial charge in [-0.05, 0) is 58.8 Å². The molecule has 0 fully saturated rings. The number of ether oxygens (including phenoxy) is 3. The van der Waals surface area contributed by atoms with Gasteiger partial charge in [-0.3, -0.25) is 10.2 Å². The maximum atomic E-state index is 12.5. The van der Waals surface area contributed by atoms with Crippen LogP contribution in [0.15, 0.2) is 69.3 Å². The topological polar surface area (TPSA) is 93.4 Å². The second kappa shape index (κ2) is 9.91. The monoisotopic (exact) mass is 511 g/mol. The Morgan fingerprint density at radius 2 is 1.94 bits per heavy atom. The van der Waals surface area contributed by atoms with Crippen LogP contribution in [0.25, 0.3) is 6.08 Å². The number of methoxy groups -OCH3 is 1. The third-order valence-electron chi connectivity index (χ3n) is 4.79. The van der Waals surface area contributed by atoms with E-state index in [0.717, 1.165) is 5.75 Å². The summed E-state index contributed by atoms with van der Waals surface area (Å²) < 4.78 is 17.7. The maximum absolute atomic E-state index is 12.5. The number of hydrogen-bond acceptors (Lipinski definition) is 6. The molecule has 0 saturated carbocycles. The van der Waals surface area contributed by atoms with E-state index in [0.29, 0.717) is 52.8 Å². The number of fused-ring (bicyclic) bond motifs is 1. The number of aliphatic imine (C=N–C) groups is 1. The number of hydrogen-bond donors (Lipinski definition) is 1. The van der Waals surface area contributed by atoms with Crippen molar-refractivity contribution < 1.29 is 23.8 Å². The van der Waals surface area contributed by atoms with Crippen LogP contribution in [0.5, 0.6) is 17.2 Å². The average Bonchev–Trinajstić information content (AvgIpc) is 3.18. The van der Waals surface area contributed by atoms with Crippen molar-refractivity contribution >= 4 is 39.6 Å². The van der Waals surface area contributed by atoms with Gasteiger partial charge in [-0.25, -0.2) is 0 Å². The lowest BCUT2D eigenvalue weighted by Crippen LogP contribution is -2.38. The highest BCUT2D eigenvalue weighted by Crippen LogP contribution is 2.37. The lowest BCUT2D eigenvalue weighted by Gasteiger charge is -2.23. The van der Waals surface area contributed by atoms with Gasteiger partial charge in [-0.2, -0.15) is 4.99 Å². The minimum Gasteiger partial charge on any atom is -0.493 e. The minimum absolute atomic E-state index is 0.0769. The van der Waals surface area contributed by atoms with Crippen LogP contribution in [-0.2, 0) is 9.63 Å². The van der Waals surface area contributed by atoms with Crippen LogP contribution >= 0.6 is 15.9 Å². The fraction of sp³-hybridized carbons (Fsp3) is 0.208. The molecule has 2 aliphatic rings. The standard InChI is InChI=1S/C24H22BrN3O5/c1-15-11-21-27-24(29)18(23(26)28(21)33-15)12-16-13-19(25)22(20(14-16)30-2)32-10-6-9-31-17-7-4-3-5-8-17/h3-5,7-8,11-14,26H,6,9-10H2,1-2H3/b18-12-,26-23?. The molecule has 33 heavy (non-hydrogen) atoms. The van der Waals surface area contributed by atoms with Gasteiger partial charge in [0, 0.05) is 12.5 Å². The maximum Gasteiger partial charge on any atom is 0.282 e. The number of para-hydroxylation sites is 1. The minimum atomic E-state index is -0.505. The molecule has 1 amide bonds. The predicted molar refractivity (Wildman–Crippen MR) is 128 cm³/mol. The molecule has 8 nitrogen and oxygen atoms in total. The van der Waals surface area contributed by atoms with Gasteiger partial charge in [0.05, 0.1) is 30.4 Å². The molecule has 2 heterocycles. The Hall–Kier alpha value is -3.59. The van der Waals surface area contributed by atoms with Crippen molar-refractivity contribution in [1.82, 2.24) is 5.06 Å². The number of halogens is 1. The van der Waals surface area contributed by atoms with Gasteiger partial charge in [0.2, 0.25) is 0 Å². The van der Waals surface area contributed by atoms with E-state index in [-0.39, 0.29) is 11.4 Å². The summed E-state index contributed by atoms with van der Waals surface area (Å²) >= 11 is 3.52. The Bertz CT molecular complexity index is 1170. The van der Waals surface area contributed by atoms with Crippen molar-refractivity contribution in [2.24, 2.45) is 4.99 Å². The molecule has 0 saturated heterocycles. The molecule has 0 aromatic heterocycles. The number of nitrogens with one attached hydrogen (secondary N) is 1. The summed E-state index contributed by atoms with van der Waals surface area (Å²) in [5.74, 6) is 2.15. The van der Waals surface area contributed by atoms with Crippen molar-refractivity contribution in [1.29, 1.82) is 5.41 Å². The van der Waals surface area contributed by atoms with Crippen molar-refractivity contribution in [3.63, 3.8) is 0 Å². The van der Waals surface area contributed by atoms with Gasteiger partial charge in [0.15, 0.2) is 23.2 Å². The van der Waals surface area contributed by atoms with Gasteiger partial charge >= 0.3 is 0 Å². The first-order valence-corrected chi connectivity index (χ1v) is 11.0. The van der Waals surface area contributed by atoms with E-state index in [1.807, 2.05) is 30.3 Å². The molecule has 0 unspecified atom stereocenters. The Morgan fingerprint density at radius 3 is 2.70 bits per heavy atom. The normalized spacial score (nSPS) is 16.2. The van der Waals surface area contributed by atoms with Crippen molar-refractivity contribution in [2.75, 3.05) is 20.3 Å². The number of amidine groups is 2. The molecular weight excluding hydrogens is 490 g/mol. The molecule has 4 rings (SSSR count). The fourth-order valence-corrected chi connectivity index (χ4v) is 3.84. The van der Waals surface area contributed by atoms with Crippen LogP contribution in [0.4, 0.5) is 0 Å². The first-order chi connectivity index (χ1) is 16.0. The lowest BCUT2D eigenvalue weighted by atomic mass is 10.1. The summed E-state index contributed by atoms with van der Waals surface area (Å²) in [6.07, 6.45) is 3.87. The number of carbonyl (C=O) groups excluding carboxylic acids is 1. The third-order valence-corrected chi connectivity index (χ3v) is 5.38. The zero-order valence-electron chi connectivity index (χ0n) is 18.1. The third kappa shape index (κ3) is 5.09. The Labute approximate surface area is 199 Å². The van der Waals surface area contributed by atoms with Gasteiger partial charge in [-0.15, -0.1) is 5.06 Å². The molecule has 2 aromatic carbocycles. The number of hydroxylamine groups is 2. The number of benzene rings is 2. The zero-order chi connectivity index (χ0) is 23.4. The highest BCUT2D eigenvalue weighted by Gasteiger charge is 2.34. The first kappa shape index (κ1) is 22.6. The van der Waals surface area contributed by atoms with Gasteiger partial charge in [0.1, 0.15) is 11.5 Å². The summed E-state index contributed by atoms with van der Waals surface area (Å²) in [6.45, 7) is 2.69. The largest absolute Gasteiger partial charge is 0.493 e. The Kier molecular flexibility index (Phi) is 6.79. The lowest BCUT2D eigenvalue weighted by molar-refractivity contribution is -0.114. The van der Waals surface area contributed by atoms with Crippen LogP contribution in [0, 0.1) is 5.41 Å². The second-order valence-corrected chi connectivity index (χ2v) is 8.07. The smallest absolute Gasteiger partial charge is 0.282 e. The number of carbonyl (C=O) groups is 1. The molecule has 0 radical (unpaired) electrons. The van der Waals surface area contributed by atoms with E-state index in [4.69, 9.17) is 24.5 Å². The molecule has 0 atom stereocenters. The van der Waals surface area contributed by atoms with Gasteiger partial charge in [0.25, 0.3) is 5.91 Å². The highest BCUT2D eigenvalue weighted by atomic mass is 79.9. The summed E-state index contributed by atoms with van der Waals surface area (Å²) in [7, 11) is 1.54. The fourth-order valence-electron chi connectivity index (χ4n) is 3.27. The van der Waals surface area contributed by atoms with Crippen LogP contribution in [0.1, 0.15) is 18.9 Å². The highest BCUT2D eigenvalue weighted by molar-refractivity contribution is 9.10. The molecule has 9 heteroatoms. The number of rotatable bonds is 8. The average molecular weight is 512 g/mol. The molecule has 2 aromatic rings. The molecule has 2 aliphatic heterocycles. The molecule has 1 N–H and O–H groups in total. The quantitative estimate of drug-likeness (QED) is 0.405. The van der Waals surface area contributed by atoms with E-state index in [1.54, 1.807) is 38.3 Å². The van der Waals surface area contributed by atoms with Gasteiger partial charge in [-0.1, -0.05) is 18.2 Å². The number of nitrogens with zero attached hydrogens (tertiary/aromatic N) is 2. The van der Waals surface area contributed by atoms with Crippen LogP contribution in [-0.4, -0.2) is 43.0 Å². The van der Waals surface area contributed by atoms with Crippen LogP contribution < -0.4 is 14.2 Å². The van der Waals surface area contributed by atoms with Gasteiger partial charge < -0.3 is 19.0 Å². The van der Waals surface area contributed by atoms with E-state index < -0.39 is 5.91 Å². The predicted octanol–water partition coefficient (Wildman–Crippen LogP) is 4.76. The Morgan fingerprint density at radius 1 is 1.18 bits per heavy atom. The van der Waals surface area contributed by atoms with E-state index in [2.05, 4.69) is 20.9 Å². The van der Waals surface area contributed by atoms with E-state index in [9.17, 15) is 4.79 Å². The SMILES string of the molecule is COc1cc(/C=C2/C(=N)N3OC(C)=CC3=NC2=O)cc(Br)c1OCCCOc1ccccc1. The van der Waals surface area contributed by atoms with Crippen LogP contribution in [0.3, 0.4) is 0 Å². The van der Waals surface area contributed by atoms with Crippen molar-refractivity contribution in [3.8, 4) is 17.2 Å². The van der Waals surface area contributed by atoms with Crippen molar-refractivity contribution in [3.05, 3.63) is 69.9 Å².